The minimum atomic E-state index is -0.274. The number of furan rings is 1. The molecular weight excluding hydrogens is 286 g/mol. The van der Waals surface area contributed by atoms with Crippen molar-refractivity contribution in [2.75, 3.05) is 0 Å². The average Bonchev–Trinajstić information content (AvgIpc) is 2.95. The van der Waals surface area contributed by atoms with Gasteiger partial charge in [-0.1, -0.05) is 12.8 Å². The van der Waals surface area contributed by atoms with Gasteiger partial charge in [0, 0.05) is 6.08 Å². The summed E-state index contributed by atoms with van der Waals surface area (Å²) >= 11 is 3.19. The van der Waals surface area contributed by atoms with Crippen LogP contribution in [0.3, 0.4) is 0 Å². The fourth-order valence-electron chi connectivity index (χ4n) is 1.76. The van der Waals surface area contributed by atoms with Crippen LogP contribution in [0.4, 0.5) is 0 Å². The van der Waals surface area contributed by atoms with E-state index in [2.05, 4.69) is 21.4 Å². The molecule has 17 heavy (non-hydrogen) atoms. The Morgan fingerprint density at radius 2 is 2.24 bits per heavy atom. The minimum Gasteiger partial charge on any atom is -0.450 e. The molecule has 0 spiro atoms. The van der Waals surface area contributed by atoms with Gasteiger partial charge in [-0.05, 0) is 47.0 Å². The number of rotatable bonds is 4. The molecule has 0 bridgehead atoms. The van der Waals surface area contributed by atoms with Crippen molar-refractivity contribution in [3.8, 4) is 0 Å². The molecule has 0 aromatic carbocycles. The number of nitrogens with one attached hydrogen (secondary N) is 1. The number of hydrogen-bond donors (Lipinski definition) is 1. The third-order valence-electron chi connectivity index (χ3n) is 2.62. The van der Waals surface area contributed by atoms with Crippen LogP contribution >= 0.6 is 15.9 Å². The van der Waals surface area contributed by atoms with E-state index < -0.39 is 0 Å². The largest absolute Gasteiger partial charge is 0.450 e. The number of hydroxylamine groups is 1. The number of carbonyl (C=O) groups excluding carboxylic acids is 1. The van der Waals surface area contributed by atoms with Crippen LogP contribution in [0, 0.1) is 0 Å². The maximum atomic E-state index is 11.4. The molecule has 1 aromatic heterocycles. The molecule has 0 aliphatic heterocycles. The van der Waals surface area contributed by atoms with Crippen molar-refractivity contribution in [2.45, 2.75) is 31.8 Å². The van der Waals surface area contributed by atoms with Crippen molar-refractivity contribution in [2.24, 2.45) is 0 Å². The molecule has 1 fully saturated rings. The van der Waals surface area contributed by atoms with Crippen LogP contribution < -0.4 is 5.48 Å². The van der Waals surface area contributed by atoms with Crippen molar-refractivity contribution < 1.29 is 14.0 Å². The average molecular weight is 300 g/mol. The van der Waals surface area contributed by atoms with Gasteiger partial charge in [0.05, 0.1) is 6.10 Å². The summed E-state index contributed by atoms with van der Waals surface area (Å²) in [7, 11) is 0. The van der Waals surface area contributed by atoms with Gasteiger partial charge in [0.1, 0.15) is 5.76 Å². The van der Waals surface area contributed by atoms with E-state index in [9.17, 15) is 4.79 Å². The van der Waals surface area contributed by atoms with Crippen LogP contribution in [0.1, 0.15) is 31.4 Å². The smallest absolute Gasteiger partial charge is 0.267 e. The molecule has 0 unspecified atom stereocenters. The highest BCUT2D eigenvalue weighted by Gasteiger charge is 2.16. The Bertz CT molecular complexity index is 408. The maximum Gasteiger partial charge on any atom is 0.267 e. The summed E-state index contributed by atoms with van der Waals surface area (Å²) in [5.41, 5.74) is 2.42. The summed E-state index contributed by atoms with van der Waals surface area (Å²) < 4.78 is 5.86. The third kappa shape index (κ3) is 4.02. The molecule has 1 N–H and O–H groups in total. The molecule has 0 atom stereocenters. The number of hydrogen-bond acceptors (Lipinski definition) is 3. The molecule has 1 saturated carbocycles. The van der Waals surface area contributed by atoms with Gasteiger partial charge in [0.2, 0.25) is 0 Å². The second kappa shape index (κ2) is 6.02. The summed E-state index contributed by atoms with van der Waals surface area (Å²) in [6.07, 6.45) is 7.56. The lowest BCUT2D eigenvalue weighted by atomic mass is 10.3. The van der Waals surface area contributed by atoms with Gasteiger partial charge in [-0.2, -0.15) is 0 Å². The van der Waals surface area contributed by atoms with Crippen LogP contribution in [0.15, 0.2) is 27.3 Å². The van der Waals surface area contributed by atoms with Crippen molar-refractivity contribution in [1.82, 2.24) is 5.48 Å². The van der Waals surface area contributed by atoms with Gasteiger partial charge in [-0.3, -0.25) is 9.63 Å². The van der Waals surface area contributed by atoms with E-state index in [1.165, 1.54) is 18.9 Å². The topological polar surface area (TPSA) is 51.5 Å². The summed E-state index contributed by atoms with van der Waals surface area (Å²) in [5, 5.41) is 0. The summed E-state index contributed by atoms with van der Waals surface area (Å²) in [6, 6.07) is 3.54. The lowest BCUT2D eigenvalue weighted by molar-refractivity contribution is -0.132. The molecule has 4 nitrogen and oxygen atoms in total. The summed E-state index contributed by atoms with van der Waals surface area (Å²) in [4.78, 5) is 16.7. The Hall–Kier alpha value is -1.07. The summed E-state index contributed by atoms with van der Waals surface area (Å²) in [6.45, 7) is 0. The van der Waals surface area contributed by atoms with E-state index in [-0.39, 0.29) is 12.0 Å². The molecule has 2 rings (SSSR count). The Morgan fingerprint density at radius 3 is 2.88 bits per heavy atom. The van der Waals surface area contributed by atoms with Gasteiger partial charge in [-0.25, -0.2) is 5.48 Å². The molecule has 1 aliphatic carbocycles. The predicted octanol–water partition coefficient (Wildman–Crippen LogP) is 3.05. The second-order valence-corrected chi connectivity index (χ2v) is 4.75. The van der Waals surface area contributed by atoms with E-state index in [0.29, 0.717) is 10.4 Å². The SMILES string of the molecule is O=C(/C=C/c1ccc(Br)o1)NOC1CCCC1. The van der Waals surface area contributed by atoms with E-state index in [0.717, 1.165) is 12.8 Å². The molecular formula is C12H14BrNO3. The van der Waals surface area contributed by atoms with Gasteiger partial charge >= 0.3 is 0 Å². The highest BCUT2D eigenvalue weighted by atomic mass is 79.9. The Morgan fingerprint density at radius 1 is 1.47 bits per heavy atom. The first-order chi connectivity index (χ1) is 8.24. The second-order valence-electron chi connectivity index (χ2n) is 3.97. The van der Waals surface area contributed by atoms with Crippen LogP contribution in [0.5, 0.6) is 0 Å². The Labute approximate surface area is 108 Å². The highest BCUT2D eigenvalue weighted by Crippen LogP contribution is 2.19. The fourth-order valence-corrected chi connectivity index (χ4v) is 2.08. The molecule has 1 aliphatic rings. The molecule has 0 saturated heterocycles. The molecule has 92 valence electrons. The normalized spacial score (nSPS) is 16.8. The molecule has 0 radical (unpaired) electrons. The molecule has 5 heteroatoms. The first kappa shape index (κ1) is 12.4. The van der Waals surface area contributed by atoms with E-state index in [1.807, 2.05) is 0 Å². The van der Waals surface area contributed by atoms with Crippen molar-refractivity contribution in [3.63, 3.8) is 0 Å². The van der Waals surface area contributed by atoms with Crippen molar-refractivity contribution in [1.29, 1.82) is 0 Å². The van der Waals surface area contributed by atoms with E-state index in [4.69, 9.17) is 9.25 Å². The quantitative estimate of drug-likeness (QED) is 0.687. The Kier molecular flexibility index (Phi) is 4.39. The predicted molar refractivity (Wildman–Crippen MR) is 66.9 cm³/mol. The number of carbonyl (C=O) groups is 1. The van der Waals surface area contributed by atoms with Crippen LogP contribution in [0.2, 0.25) is 0 Å². The third-order valence-corrected chi connectivity index (χ3v) is 3.05. The van der Waals surface area contributed by atoms with E-state index >= 15 is 0 Å². The monoisotopic (exact) mass is 299 g/mol. The first-order valence-corrected chi connectivity index (χ1v) is 6.42. The van der Waals surface area contributed by atoms with Crippen LogP contribution in [-0.2, 0) is 9.63 Å². The van der Waals surface area contributed by atoms with Gasteiger partial charge in [-0.15, -0.1) is 0 Å². The van der Waals surface area contributed by atoms with Gasteiger partial charge in [0.15, 0.2) is 4.67 Å². The van der Waals surface area contributed by atoms with Gasteiger partial charge < -0.3 is 4.42 Å². The fraction of sp³-hybridized carbons (Fsp3) is 0.417. The number of halogens is 1. The zero-order valence-corrected chi connectivity index (χ0v) is 10.9. The highest BCUT2D eigenvalue weighted by molar-refractivity contribution is 9.10. The molecule has 1 heterocycles. The Balaban J connectivity index is 1.74. The van der Waals surface area contributed by atoms with Crippen molar-refractivity contribution in [3.05, 3.63) is 28.6 Å². The zero-order chi connectivity index (χ0) is 12.1. The lowest BCUT2D eigenvalue weighted by Crippen LogP contribution is -2.26. The van der Waals surface area contributed by atoms with E-state index in [1.54, 1.807) is 18.2 Å². The van der Waals surface area contributed by atoms with Crippen molar-refractivity contribution >= 4 is 27.9 Å². The standard InChI is InChI=1S/C12H14BrNO3/c13-11-7-5-9(16-11)6-8-12(15)14-17-10-3-1-2-4-10/h5-8,10H,1-4H2,(H,14,15)/b8-6+. The van der Waals surface area contributed by atoms with Gasteiger partial charge in [0.25, 0.3) is 5.91 Å². The molecule has 1 aromatic rings. The lowest BCUT2D eigenvalue weighted by Gasteiger charge is -2.09. The van der Waals surface area contributed by atoms with Crippen LogP contribution in [0.25, 0.3) is 6.08 Å². The maximum absolute atomic E-state index is 11.4. The summed E-state index contributed by atoms with van der Waals surface area (Å²) in [5.74, 6) is 0.345. The molecule has 1 amide bonds. The minimum absolute atomic E-state index is 0.171. The first-order valence-electron chi connectivity index (χ1n) is 5.63. The van der Waals surface area contributed by atoms with Crippen LogP contribution in [-0.4, -0.2) is 12.0 Å². The number of amides is 1. The zero-order valence-electron chi connectivity index (χ0n) is 9.32.